The number of nitrogens with zero attached hydrogens (tertiary/aromatic N) is 5. The van der Waals surface area contributed by atoms with E-state index in [0.717, 1.165) is 36.3 Å². The summed E-state index contributed by atoms with van der Waals surface area (Å²) in [5, 5.41) is 6.94. The summed E-state index contributed by atoms with van der Waals surface area (Å²) in [4.78, 5) is 91.3. The van der Waals surface area contributed by atoms with Crippen LogP contribution in [0.25, 0.3) is 6.08 Å². The molecule has 1 atom stereocenters. The van der Waals surface area contributed by atoms with Crippen molar-refractivity contribution in [2.75, 3.05) is 171 Å². The van der Waals surface area contributed by atoms with Crippen LogP contribution >= 0.6 is 0 Å². The van der Waals surface area contributed by atoms with Crippen LogP contribution in [0.3, 0.4) is 0 Å². The smallest absolute Gasteiger partial charge is 0.273 e. The molecule has 4 N–H and O–H groups in total. The first kappa shape index (κ1) is 62.2. The number of amides is 6. The van der Waals surface area contributed by atoms with Crippen LogP contribution in [0.5, 0.6) is 0 Å². The Morgan fingerprint density at radius 3 is 1.72 bits per heavy atom. The highest BCUT2D eigenvalue weighted by Gasteiger charge is 2.28. The van der Waals surface area contributed by atoms with Crippen LogP contribution in [0.4, 0.5) is 5.69 Å². The van der Waals surface area contributed by atoms with E-state index in [1.807, 2.05) is 13.8 Å². The normalized spacial score (nSPS) is 15.4. The number of rotatable bonds is 42. The lowest BCUT2D eigenvalue weighted by Crippen LogP contribution is -2.49. The van der Waals surface area contributed by atoms with Gasteiger partial charge in [-0.2, -0.15) is 0 Å². The number of likely N-dealkylation sites (tertiary alicyclic amines) is 1. The van der Waals surface area contributed by atoms with Gasteiger partial charge in [-0.1, -0.05) is 6.92 Å². The lowest BCUT2D eigenvalue weighted by atomic mass is 10.0. The molecule has 75 heavy (non-hydrogen) atoms. The molecule has 420 valence electrons. The van der Waals surface area contributed by atoms with E-state index in [1.54, 1.807) is 17.0 Å². The first-order valence-corrected chi connectivity index (χ1v) is 25.7. The second-order valence-electron chi connectivity index (χ2n) is 16.9. The Bertz CT molecular complexity index is 1970. The molecule has 0 radical (unpaired) electrons. The molecule has 6 amide bonds. The topological polar surface area (TPSA) is 289 Å². The van der Waals surface area contributed by atoms with E-state index < -0.39 is 17.7 Å². The highest BCUT2D eigenvalue weighted by molar-refractivity contribution is 6.14. The Labute approximate surface area is 438 Å². The van der Waals surface area contributed by atoms with E-state index in [-0.39, 0.29) is 68.7 Å². The molecule has 0 bridgehead atoms. The van der Waals surface area contributed by atoms with Gasteiger partial charge < -0.3 is 68.6 Å². The molecule has 1 saturated heterocycles. The predicted molar refractivity (Wildman–Crippen MR) is 270 cm³/mol. The van der Waals surface area contributed by atoms with Crippen LogP contribution < -0.4 is 16.4 Å². The number of imide groups is 1. The number of pyridine rings is 1. The predicted octanol–water partition coefficient (Wildman–Crippen LogP) is 0.366. The third-order valence-electron chi connectivity index (χ3n) is 11.0. The monoisotopic (exact) mass is 1060 g/mol. The second-order valence-corrected chi connectivity index (χ2v) is 16.9. The lowest BCUT2D eigenvalue weighted by molar-refractivity contribution is -0.180. The zero-order valence-electron chi connectivity index (χ0n) is 43.6. The zero-order valence-corrected chi connectivity index (χ0v) is 43.6. The van der Waals surface area contributed by atoms with E-state index >= 15 is 0 Å². The van der Waals surface area contributed by atoms with Gasteiger partial charge in [-0.05, 0) is 38.3 Å². The molecule has 1 fully saturated rings. The molecule has 1 aromatic heterocycles. The molecule has 3 aliphatic rings. The maximum Gasteiger partial charge on any atom is 0.273 e. The van der Waals surface area contributed by atoms with E-state index in [9.17, 15) is 28.8 Å². The van der Waals surface area contributed by atoms with Gasteiger partial charge in [0.15, 0.2) is 0 Å². The van der Waals surface area contributed by atoms with Gasteiger partial charge in [-0.25, -0.2) is 10.1 Å². The number of aromatic nitrogens is 1. The van der Waals surface area contributed by atoms with Gasteiger partial charge in [0.2, 0.25) is 11.8 Å². The second kappa shape index (κ2) is 38.3. The highest BCUT2D eigenvalue weighted by atomic mass is 16.7. The van der Waals surface area contributed by atoms with Crippen LogP contribution in [0, 0.1) is 0 Å². The summed E-state index contributed by atoms with van der Waals surface area (Å²) < 4.78 is 54.9. The van der Waals surface area contributed by atoms with Gasteiger partial charge in [0.1, 0.15) is 12.4 Å². The van der Waals surface area contributed by atoms with E-state index in [0.29, 0.717) is 168 Å². The lowest BCUT2D eigenvalue weighted by Gasteiger charge is -2.33. The summed E-state index contributed by atoms with van der Waals surface area (Å²) in [6.45, 7) is 13.3. The molecule has 25 nitrogen and oxygen atoms in total. The molecule has 0 aliphatic carbocycles. The minimum Gasteiger partial charge on any atom is -0.387 e. The molecular weight excluding hydrogens is 985 g/mol. The molecule has 3 aliphatic heterocycles. The summed E-state index contributed by atoms with van der Waals surface area (Å²) in [7, 11) is 0. The first-order valence-electron chi connectivity index (χ1n) is 25.7. The number of carbonyl (C=O) groups is 6. The number of piperidine rings is 1. The Kier molecular flexibility index (Phi) is 31.7. The van der Waals surface area contributed by atoms with Crippen molar-refractivity contribution >= 4 is 53.0 Å². The molecule has 25 heteroatoms. The number of hydrogen-bond acceptors (Lipinski definition) is 20. The maximum absolute atomic E-state index is 13.6. The van der Waals surface area contributed by atoms with E-state index in [1.165, 1.54) is 11.3 Å². The van der Waals surface area contributed by atoms with Crippen molar-refractivity contribution in [1.82, 2.24) is 30.5 Å². The summed E-state index contributed by atoms with van der Waals surface area (Å²) in [5.41, 5.74) is 7.77. The van der Waals surface area contributed by atoms with E-state index in [4.69, 9.17) is 57.9 Å². The summed E-state index contributed by atoms with van der Waals surface area (Å²) in [5.74, 6) is -1.90. The number of hydroxylamine groups is 2. The fourth-order valence-corrected chi connectivity index (χ4v) is 7.33. The number of aliphatic imine (C=N–C) groups is 1. The number of amidine groups is 1. The van der Waals surface area contributed by atoms with Gasteiger partial charge in [0, 0.05) is 69.0 Å². The van der Waals surface area contributed by atoms with Crippen molar-refractivity contribution < 1.29 is 81.0 Å². The molecule has 0 unspecified atom stereocenters. The molecular formula is C50H78N8O17. The van der Waals surface area contributed by atoms with Gasteiger partial charge in [-0.3, -0.25) is 43.5 Å². The summed E-state index contributed by atoms with van der Waals surface area (Å²) >= 11 is 0. The third kappa shape index (κ3) is 25.9. The minimum absolute atomic E-state index is 0.124. The minimum atomic E-state index is -0.501. The molecule has 4 rings (SSSR count). The molecule has 4 heterocycles. The standard InChI is InChI=1S/C50H78N8O17/c1-3-11-58(75-4-2)50(64)39-33-42-43(55-44(51)35-39)34-40(36-53-42)49(63)56-12-5-6-41(37-56)54-45(59)9-13-65-15-17-67-19-21-69-23-25-71-27-29-73-31-32-74-30-28-72-26-24-70-22-20-68-18-16-66-14-10-52-46(60)38-57-47(61)7-8-48(57)62/h7-8,33-34,36,41H,3-6,9-32,35,37-38H2,1-2H3,(H2,51,55)(H,52,60)(H,54,59)/t41-/m0/s1. The number of nitrogens with two attached hydrogens (primary N) is 1. The van der Waals surface area contributed by atoms with Crippen molar-refractivity contribution in [1.29, 1.82) is 0 Å². The zero-order chi connectivity index (χ0) is 53.7. The quantitative estimate of drug-likeness (QED) is 0.0453. The Balaban J connectivity index is 0.860. The van der Waals surface area contributed by atoms with Crippen LogP contribution in [0.2, 0.25) is 0 Å². The summed E-state index contributed by atoms with van der Waals surface area (Å²) in [6.07, 6.45) is 7.89. The maximum atomic E-state index is 13.6. The van der Waals surface area contributed by atoms with Crippen LogP contribution in [-0.4, -0.2) is 239 Å². The van der Waals surface area contributed by atoms with Crippen LogP contribution in [0.1, 0.15) is 62.0 Å². The van der Waals surface area contributed by atoms with Gasteiger partial charge in [0.05, 0.1) is 156 Å². The van der Waals surface area contributed by atoms with Crippen molar-refractivity contribution in [2.45, 2.75) is 52.0 Å². The number of hydrogen-bond donors (Lipinski definition) is 3. The largest absolute Gasteiger partial charge is 0.387 e. The molecule has 0 saturated carbocycles. The van der Waals surface area contributed by atoms with Crippen molar-refractivity contribution in [3.05, 3.63) is 41.2 Å². The average Bonchev–Trinajstić information content (AvgIpc) is 3.60. The van der Waals surface area contributed by atoms with Crippen LogP contribution in [-0.2, 0) is 76.2 Å². The Morgan fingerprint density at radius 1 is 0.707 bits per heavy atom. The molecule has 0 aromatic carbocycles. The highest BCUT2D eigenvalue weighted by Crippen LogP contribution is 2.28. The fourth-order valence-electron chi connectivity index (χ4n) is 7.33. The number of carbonyl (C=O) groups excluding carboxylic acids is 6. The van der Waals surface area contributed by atoms with Gasteiger partial charge in [0.25, 0.3) is 23.6 Å². The Morgan fingerprint density at radius 2 is 1.21 bits per heavy atom. The molecule has 1 aromatic rings. The SMILES string of the molecule is CCCN(OCC)C(=O)C1=Cc2ncc(C(=O)N3CCC[C@H](NC(=O)CCOCCOCCOCCOCCOCCOCCOCCOCCOCCOCCNC(=O)CN4C(=O)C=CC4=O)C3)cc2N=C(N)C1. The van der Waals surface area contributed by atoms with Gasteiger partial charge in [-0.15, -0.1) is 0 Å². The van der Waals surface area contributed by atoms with Crippen molar-refractivity contribution in [2.24, 2.45) is 10.7 Å². The fraction of sp³-hybridized carbons (Fsp3) is 0.680. The third-order valence-corrected chi connectivity index (χ3v) is 11.0. The molecule has 0 spiro atoms. The number of ether oxygens (including phenoxy) is 10. The van der Waals surface area contributed by atoms with Crippen LogP contribution in [0.15, 0.2) is 35.0 Å². The Hall–Kier alpha value is -5.32. The number of fused-ring (bicyclic) bond motifs is 1. The van der Waals surface area contributed by atoms with Crippen molar-refractivity contribution in [3.63, 3.8) is 0 Å². The first-order chi connectivity index (χ1) is 36.6. The van der Waals surface area contributed by atoms with Crippen molar-refractivity contribution in [3.8, 4) is 0 Å². The van der Waals surface area contributed by atoms with Gasteiger partial charge >= 0.3 is 0 Å². The summed E-state index contributed by atoms with van der Waals surface area (Å²) in [6, 6.07) is 1.44. The van der Waals surface area contributed by atoms with E-state index in [2.05, 4.69) is 20.6 Å². The average molecular weight is 1060 g/mol. The number of nitrogens with one attached hydrogen (secondary N) is 2.